The van der Waals surface area contributed by atoms with Crippen LogP contribution in [0, 0.1) is 0 Å². The molecule has 0 bridgehead atoms. The number of anilines is 1. The predicted octanol–water partition coefficient (Wildman–Crippen LogP) is 3.56. The molecule has 0 atom stereocenters. The van der Waals surface area contributed by atoms with E-state index in [1.165, 1.54) is 0 Å². The molecule has 6 heteroatoms. The maximum absolute atomic E-state index is 12.2. The summed E-state index contributed by atoms with van der Waals surface area (Å²) in [6.07, 6.45) is -4.93. The van der Waals surface area contributed by atoms with Gasteiger partial charge >= 0.3 is 6.18 Å². The molecule has 0 aliphatic carbocycles. The Labute approximate surface area is 113 Å². The Morgan fingerprint density at radius 2 is 2.00 bits per heavy atom. The van der Waals surface area contributed by atoms with Crippen LogP contribution in [0.2, 0.25) is 0 Å². The average Bonchev–Trinajstić information content (AvgIpc) is 2.27. The van der Waals surface area contributed by atoms with Crippen molar-refractivity contribution in [1.82, 2.24) is 5.32 Å². The molecule has 18 heavy (non-hydrogen) atoms. The number of benzene rings is 1. The van der Waals surface area contributed by atoms with E-state index in [4.69, 9.17) is 0 Å². The van der Waals surface area contributed by atoms with Crippen LogP contribution in [0.5, 0.6) is 0 Å². The Kier molecular flexibility index (Phi) is 5.47. The van der Waals surface area contributed by atoms with Gasteiger partial charge in [0.25, 0.3) is 0 Å². The van der Waals surface area contributed by atoms with Crippen LogP contribution in [-0.4, -0.2) is 26.8 Å². The molecule has 1 rings (SSSR count). The number of rotatable bonds is 5. The fraction of sp³-hybridized carbons (Fsp3) is 0.500. The maximum Gasteiger partial charge on any atom is 0.390 e. The summed E-state index contributed by atoms with van der Waals surface area (Å²) in [5, 5.41) is 3.01. The molecule has 1 aromatic rings. The molecule has 0 amide bonds. The van der Waals surface area contributed by atoms with Crippen LogP contribution in [0.4, 0.5) is 18.9 Å². The average molecular weight is 325 g/mol. The summed E-state index contributed by atoms with van der Waals surface area (Å²) < 4.78 is 37.5. The molecule has 0 saturated carbocycles. The number of nitrogens with zero attached hydrogens (tertiary/aromatic N) is 1. The first-order valence-electron chi connectivity index (χ1n) is 5.54. The zero-order valence-corrected chi connectivity index (χ0v) is 11.9. The lowest BCUT2D eigenvalue weighted by Crippen LogP contribution is -2.25. The smallest absolute Gasteiger partial charge is 0.374 e. The number of alkyl halides is 3. The van der Waals surface area contributed by atoms with Gasteiger partial charge in [-0.25, -0.2) is 0 Å². The van der Waals surface area contributed by atoms with Crippen molar-refractivity contribution >= 4 is 21.6 Å². The minimum Gasteiger partial charge on any atom is -0.374 e. The molecular weight excluding hydrogens is 309 g/mol. The lowest BCUT2D eigenvalue weighted by Gasteiger charge is -2.23. The second-order valence-corrected chi connectivity index (χ2v) is 5.01. The van der Waals surface area contributed by atoms with Gasteiger partial charge in [0.1, 0.15) is 0 Å². The molecule has 0 radical (unpaired) electrons. The summed E-state index contributed by atoms with van der Waals surface area (Å²) in [5.41, 5.74) is 1.79. The highest BCUT2D eigenvalue weighted by molar-refractivity contribution is 9.10. The van der Waals surface area contributed by atoms with Crippen molar-refractivity contribution in [2.24, 2.45) is 0 Å². The van der Waals surface area contributed by atoms with Crippen LogP contribution < -0.4 is 10.2 Å². The molecule has 0 aliphatic rings. The van der Waals surface area contributed by atoms with E-state index in [2.05, 4.69) is 21.2 Å². The minimum atomic E-state index is -4.12. The summed E-state index contributed by atoms with van der Waals surface area (Å²) in [6.45, 7) is 0.579. The highest BCUT2D eigenvalue weighted by Gasteiger charge is 2.27. The Hall–Kier alpha value is -0.750. The Morgan fingerprint density at radius 3 is 2.56 bits per heavy atom. The van der Waals surface area contributed by atoms with E-state index >= 15 is 0 Å². The molecule has 0 aliphatic heterocycles. The molecule has 0 fully saturated rings. The maximum atomic E-state index is 12.2. The molecule has 1 aromatic carbocycles. The van der Waals surface area contributed by atoms with Gasteiger partial charge in [-0.15, -0.1) is 0 Å². The van der Waals surface area contributed by atoms with Crippen LogP contribution in [0.25, 0.3) is 0 Å². The van der Waals surface area contributed by atoms with Crippen molar-refractivity contribution in [3.63, 3.8) is 0 Å². The quantitative estimate of drug-likeness (QED) is 0.891. The van der Waals surface area contributed by atoms with Crippen molar-refractivity contribution in [1.29, 1.82) is 0 Å². The van der Waals surface area contributed by atoms with Crippen molar-refractivity contribution in [3.8, 4) is 0 Å². The standard InChI is InChI=1S/C12H16BrF3N2/c1-17-8-9-3-4-10(13)7-11(9)18(2)6-5-12(14,15)16/h3-4,7,17H,5-6,8H2,1-2H3. The lowest BCUT2D eigenvalue weighted by atomic mass is 10.1. The van der Waals surface area contributed by atoms with Crippen LogP contribution in [-0.2, 0) is 6.54 Å². The van der Waals surface area contributed by atoms with Crippen LogP contribution in [0.3, 0.4) is 0 Å². The summed E-state index contributed by atoms with van der Waals surface area (Å²) >= 11 is 3.34. The fourth-order valence-electron chi connectivity index (χ4n) is 1.65. The third kappa shape index (κ3) is 4.86. The molecule has 0 heterocycles. The van der Waals surface area contributed by atoms with Gasteiger partial charge in [0, 0.05) is 30.3 Å². The molecule has 0 spiro atoms. The Morgan fingerprint density at radius 1 is 1.33 bits per heavy atom. The minimum absolute atomic E-state index is 0.0450. The van der Waals surface area contributed by atoms with E-state index in [1.54, 1.807) is 11.9 Å². The molecule has 102 valence electrons. The van der Waals surface area contributed by atoms with Gasteiger partial charge in [-0.1, -0.05) is 22.0 Å². The lowest BCUT2D eigenvalue weighted by molar-refractivity contribution is -0.132. The van der Waals surface area contributed by atoms with Gasteiger partial charge in [0.05, 0.1) is 6.42 Å². The molecule has 1 N–H and O–H groups in total. The SMILES string of the molecule is CNCc1ccc(Br)cc1N(C)CCC(F)(F)F. The van der Waals surface area contributed by atoms with Crippen molar-refractivity contribution < 1.29 is 13.2 Å². The van der Waals surface area contributed by atoms with E-state index in [-0.39, 0.29) is 6.54 Å². The van der Waals surface area contributed by atoms with E-state index < -0.39 is 12.6 Å². The van der Waals surface area contributed by atoms with Crippen molar-refractivity contribution in [2.45, 2.75) is 19.1 Å². The summed E-state index contributed by atoms with van der Waals surface area (Å²) in [6, 6.07) is 5.62. The van der Waals surface area contributed by atoms with E-state index in [0.717, 1.165) is 15.7 Å². The fourth-order valence-corrected chi connectivity index (χ4v) is 2.00. The van der Waals surface area contributed by atoms with Gasteiger partial charge < -0.3 is 10.2 Å². The zero-order chi connectivity index (χ0) is 13.8. The second-order valence-electron chi connectivity index (χ2n) is 4.09. The zero-order valence-electron chi connectivity index (χ0n) is 10.3. The summed E-state index contributed by atoms with van der Waals surface area (Å²) in [4.78, 5) is 1.63. The molecular formula is C12H16BrF3N2. The van der Waals surface area contributed by atoms with Crippen LogP contribution in [0.15, 0.2) is 22.7 Å². The number of hydrogen-bond donors (Lipinski definition) is 1. The monoisotopic (exact) mass is 324 g/mol. The van der Waals surface area contributed by atoms with Crippen molar-refractivity contribution in [3.05, 3.63) is 28.2 Å². The van der Waals surface area contributed by atoms with Crippen molar-refractivity contribution in [2.75, 3.05) is 25.5 Å². The first-order valence-corrected chi connectivity index (χ1v) is 6.33. The first kappa shape index (κ1) is 15.3. The van der Waals surface area contributed by atoms with Crippen LogP contribution >= 0.6 is 15.9 Å². The normalized spacial score (nSPS) is 11.7. The summed E-state index contributed by atoms with van der Waals surface area (Å²) in [7, 11) is 3.48. The topological polar surface area (TPSA) is 15.3 Å². The van der Waals surface area contributed by atoms with E-state index in [9.17, 15) is 13.2 Å². The molecule has 0 aromatic heterocycles. The molecule has 2 nitrogen and oxygen atoms in total. The number of nitrogens with one attached hydrogen (secondary N) is 1. The number of halogens is 4. The van der Waals surface area contributed by atoms with Crippen LogP contribution in [0.1, 0.15) is 12.0 Å². The Bertz CT molecular complexity index is 393. The Balaban J connectivity index is 2.82. The van der Waals surface area contributed by atoms with Gasteiger partial charge in [-0.3, -0.25) is 0 Å². The van der Waals surface area contributed by atoms with E-state index in [0.29, 0.717) is 6.54 Å². The first-order chi connectivity index (χ1) is 8.33. The van der Waals surface area contributed by atoms with Gasteiger partial charge in [0.15, 0.2) is 0 Å². The highest BCUT2D eigenvalue weighted by Crippen LogP contribution is 2.26. The third-order valence-electron chi connectivity index (χ3n) is 2.56. The largest absolute Gasteiger partial charge is 0.390 e. The number of hydrogen-bond acceptors (Lipinski definition) is 2. The molecule has 0 unspecified atom stereocenters. The molecule has 0 saturated heterocycles. The van der Waals surface area contributed by atoms with E-state index in [1.807, 2.05) is 25.2 Å². The predicted molar refractivity (Wildman–Crippen MR) is 70.8 cm³/mol. The third-order valence-corrected chi connectivity index (χ3v) is 3.05. The second kappa shape index (κ2) is 6.43. The summed E-state index contributed by atoms with van der Waals surface area (Å²) in [5.74, 6) is 0. The van der Waals surface area contributed by atoms with Gasteiger partial charge in [-0.2, -0.15) is 13.2 Å². The van der Waals surface area contributed by atoms with Gasteiger partial charge in [-0.05, 0) is 24.7 Å². The highest BCUT2D eigenvalue weighted by atomic mass is 79.9. The van der Waals surface area contributed by atoms with Gasteiger partial charge in [0.2, 0.25) is 0 Å².